The summed E-state index contributed by atoms with van der Waals surface area (Å²) in [7, 11) is 1.51. The summed E-state index contributed by atoms with van der Waals surface area (Å²) >= 11 is 0. The Kier molecular flexibility index (Phi) is 3.42. The number of aldehydes is 1. The van der Waals surface area contributed by atoms with Gasteiger partial charge in [0.05, 0.1) is 12.7 Å². The molecule has 3 heteroatoms. The van der Waals surface area contributed by atoms with Crippen LogP contribution < -0.4 is 4.74 Å². The van der Waals surface area contributed by atoms with Crippen molar-refractivity contribution in [2.45, 2.75) is 6.92 Å². The number of hydrogen-bond acceptors (Lipinski definition) is 2. The summed E-state index contributed by atoms with van der Waals surface area (Å²) in [5.74, 6) is 0.232. The predicted molar refractivity (Wildman–Crippen MR) is 68.5 cm³/mol. The maximum absolute atomic E-state index is 13.3. The van der Waals surface area contributed by atoms with Crippen LogP contribution in [0.5, 0.6) is 5.75 Å². The minimum atomic E-state index is -0.284. The Balaban J connectivity index is 2.53. The fourth-order valence-corrected chi connectivity index (χ4v) is 1.91. The molecule has 0 atom stereocenters. The third-order valence-corrected chi connectivity index (χ3v) is 2.73. The maximum atomic E-state index is 13.3. The number of halogens is 1. The first-order chi connectivity index (χ1) is 8.63. The van der Waals surface area contributed by atoms with Crippen molar-refractivity contribution < 1.29 is 13.9 Å². The summed E-state index contributed by atoms with van der Waals surface area (Å²) in [5, 5.41) is 0. The van der Waals surface area contributed by atoms with Crippen molar-refractivity contribution >= 4 is 6.29 Å². The second-order valence-corrected chi connectivity index (χ2v) is 4.09. The lowest BCUT2D eigenvalue weighted by Gasteiger charge is -2.08. The molecule has 0 bridgehead atoms. The van der Waals surface area contributed by atoms with E-state index in [-0.39, 0.29) is 5.82 Å². The highest BCUT2D eigenvalue weighted by Crippen LogP contribution is 2.26. The lowest BCUT2D eigenvalue weighted by Crippen LogP contribution is -1.91. The van der Waals surface area contributed by atoms with E-state index in [1.54, 1.807) is 18.2 Å². The molecule has 0 fully saturated rings. The Bertz CT molecular complexity index is 571. The lowest BCUT2D eigenvalue weighted by atomic mass is 10.0. The Labute approximate surface area is 105 Å². The maximum Gasteiger partial charge on any atom is 0.153 e. The molecule has 0 aliphatic heterocycles. The molecule has 0 aliphatic carbocycles. The van der Waals surface area contributed by atoms with Crippen molar-refractivity contribution in [3.8, 4) is 16.9 Å². The van der Waals surface area contributed by atoms with Gasteiger partial charge in [-0.1, -0.05) is 12.1 Å². The molecule has 0 N–H and O–H groups in total. The topological polar surface area (TPSA) is 26.3 Å². The number of benzene rings is 2. The second-order valence-electron chi connectivity index (χ2n) is 4.09. The van der Waals surface area contributed by atoms with Crippen LogP contribution in [0.1, 0.15) is 15.9 Å². The van der Waals surface area contributed by atoms with Crippen LogP contribution in [0.3, 0.4) is 0 Å². The molecule has 2 nitrogen and oxygen atoms in total. The number of methoxy groups -OCH3 is 1. The van der Waals surface area contributed by atoms with Crippen LogP contribution >= 0.6 is 0 Å². The number of rotatable bonds is 3. The minimum absolute atomic E-state index is 0.284. The smallest absolute Gasteiger partial charge is 0.153 e. The molecule has 0 aromatic heterocycles. The Morgan fingerprint density at radius 1 is 1.11 bits per heavy atom. The van der Waals surface area contributed by atoms with E-state index in [1.807, 2.05) is 13.0 Å². The first-order valence-electron chi connectivity index (χ1n) is 5.55. The van der Waals surface area contributed by atoms with Crippen LogP contribution in [-0.2, 0) is 0 Å². The van der Waals surface area contributed by atoms with Crippen molar-refractivity contribution in [3.63, 3.8) is 0 Å². The fraction of sp³-hybridized carbons (Fsp3) is 0.133. The first kappa shape index (κ1) is 12.3. The molecule has 0 heterocycles. The zero-order valence-electron chi connectivity index (χ0n) is 10.2. The average Bonchev–Trinajstić information content (AvgIpc) is 2.36. The van der Waals surface area contributed by atoms with Gasteiger partial charge in [0.1, 0.15) is 11.6 Å². The van der Waals surface area contributed by atoms with Gasteiger partial charge in [-0.2, -0.15) is 0 Å². The molecule has 18 heavy (non-hydrogen) atoms. The van der Waals surface area contributed by atoms with Crippen molar-refractivity contribution in [3.05, 3.63) is 53.3 Å². The van der Waals surface area contributed by atoms with Crippen LogP contribution in [0.25, 0.3) is 11.1 Å². The highest BCUT2D eigenvalue weighted by molar-refractivity contribution is 5.83. The number of carbonyl (C=O) groups excluding carboxylic acids is 1. The fourth-order valence-electron chi connectivity index (χ4n) is 1.91. The molecule has 0 amide bonds. The highest BCUT2D eigenvalue weighted by Gasteiger charge is 2.06. The summed E-state index contributed by atoms with van der Waals surface area (Å²) in [4.78, 5) is 10.9. The van der Waals surface area contributed by atoms with Gasteiger partial charge in [-0.05, 0) is 47.9 Å². The van der Waals surface area contributed by atoms with Crippen LogP contribution in [0, 0.1) is 12.7 Å². The van der Waals surface area contributed by atoms with E-state index in [0.29, 0.717) is 11.3 Å². The van der Waals surface area contributed by atoms with Gasteiger partial charge in [0, 0.05) is 0 Å². The molecule has 0 saturated heterocycles. The van der Waals surface area contributed by atoms with E-state index < -0.39 is 0 Å². The largest absolute Gasteiger partial charge is 0.496 e. The van der Waals surface area contributed by atoms with Crippen LogP contribution in [0.4, 0.5) is 4.39 Å². The molecule has 0 spiro atoms. The molecule has 92 valence electrons. The molecule has 2 aromatic carbocycles. The zero-order valence-corrected chi connectivity index (χ0v) is 10.2. The summed E-state index contributed by atoms with van der Waals surface area (Å²) in [5.41, 5.74) is 2.84. The van der Waals surface area contributed by atoms with Crippen LogP contribution in [-0.4, -0.2) is 13.4 Å². The molecule has 0 aliphatic rings. The van der Waals surface area contributed by atoms with Gasteiger partial charge in [0.2, 0.25) is 0 Å². The number of ether oxygens (including phenoxy) is 1. The number of hydrogen-bond donors (Lipinski definition) is 0. The van der Waals surface area contributed by atoms with Gasteiger partial charge in [-0.15, -0.1) is 0 Å². The Morgan fingerprint density at radius 2 is 1.89 bits per heavy atom. The van der Waals surface area contributed by atoms with Crippen LogP contribution in [0.15, 0.2) is 36.4 Å². The third-order valence-electron chi connectivity index (χ3n) is 2.73. The van der Waals surface area contributed by atoms with E-state index in [1.165, 1.54) is 19.2 Å². The summed E-state index contributed by atoms with van der Waals surface area (Å²) in [6, 6.07) is 10.00. The van der Waals surface area contributed by atoms with E-state index in [0.717, 1.165) is 23.0 Å². The van der Waals surface area contributed by atoms with Gasteiger partial charge in [-0.3, -0.25) is 4.79 Å². The second kappa shape index (κ2) is 5.00. The first-order valence-corrected chi connectivity index (χ1v) is 5.55. The highest BCUT2D eigenvalue weighted by atomic mass is 19.1. The normalized spacial score (nSPS) is 10.2. The molecular weight excluding hydrogens is 231 g/mol. The van der Waals surface area contributed by atoms with Crippen molar-refractivity contribution in [2.75, 3.05) is 7.11 Å². The molecular formula is C15H13FO2. The van der Waals surface area contributed by atoms with Gasteiger partial charge in [0.15, 0.2) is 6.29 Å². The van der Waals surface area contributed by atoms with Crippen LogP contribution in [0.2, 0.25) is 0 Å². The van der Waals surface area contributed by atoms with E-state index in [2.05, 4.69) is 0 Å². The summed E-state index contributed by atoms with van der Waals surface area (Å²) in [6.07, 6.45) is 0.731. The van der Waals surface area contributed by atoms with Gasteiger partial charge in [-0.25, -0.2) is 4.39 Å². The molecule has 2 aromatic rings. The summed E-state index contributed by atoms with van der Waals surface area (Å²) in [6.45, 7) is 1.83. The standard InChI is InChI=1S/C15H13FO2/c1-10-5-12(8-14(16)6-10)11-3-4-15(18-2)13(7-11)9-17/h3-9H,1-2H3. The van der Waals surface area contributed by atoms with Gasteiger partial charge in [0.25, 0.3) is 0 Å². The molecule has 2 rings (SSSR count). The predicted octanol–water partition coefficient (Wildman–Crippen LogP) is 3.62. The Morgan fingerprint density at radius 3 is 2.50 bits per heavy atom. The van der Waals surface area contributed by atoms with E-state index >= 15 is 0 Å². The summed E-state index contributed by atoms with van der Waals surface area (Å²) < 4.78 is 18.4. The van der Waals surface area contributed by atoms with Gasteiger partial charge >= 0.3 is 0 Å². The molecule has 0 radical (unpaired) electrons. The quantitative estimate of drug-likeness (QED) is 0.771. The molecule has 0 unspecified atom stereocenters. The zero-order chi connectivity index (χ0) is 13.1. The lowest BCUT2D eigenvalue weighted by molar-refractivity contribution is 0.112. The SMILES string of the molecule is COc1ccc(-c2cc(C)cc(F)c2)cc1C=O. The average molecular weight is 244 g/mol. The molecule has 0 saturated carbocycles. The van der Waals surface area contributed by atoms with Gasteiger partial charge < -0.3 is 4.74 Å². The number of carbonyl (C=O) groups is 1. The van der Waals surface area contributed by atoms with Crippen molar-refractivity contribution in [1.82, 2.24) is 0 Å². The third kappa shape index (κ3) is 2.40. The van der Waals surface area contributed by atoms with Crippen molar-refractivity contribution in [1.29, 1.82) is 0 Å². The van der Waals surface area contributed by atoms with Crippen molar-refractivity contribution in [2.24, 2.45) is 0 Å². The van der Waals surface area contributed by atoms with E-state index in [4.69, 9.17) is 4.74 Å². The van der Waals surface area contributed by atoms with E-state index in [9.17, 15) is 9.18 Å². The Hall–Kier alpha value is -2.16. The monoisotopic (exact) mass is 244 g/mol. The minimum Gasteiger partial charge on any atom is -0.496 e. The number of aryl methyl sites for hydroxylation is 1.